The zero-order valence-electron chi connectivity index (χ0n) is 47.0. The minimum absolute atomic E-state index is 0.00946. The summed E-state index contributed by atoms with van der Waals surface area (Å²) in [5.41, 5.74) is 20.9. The standard InChI is InChI=1S/C64H67BN2O/c1-58(2,3)40-17-19-41(20-18-40)66-51-34-48-47(62(9)26-27-63(48,10)37-62)33-50(51)65-55-52(66)29-39(38-15-13-12-14-16-38)30-53(55)67(42-21-22-44-45(31-42)60(6,7)24-23-59(44,4)5)56-43-32-46-49(35-54(43)68-57(56)65)64(11)28-25-61(46,8)36-64/h12-22,29-35H,23-28,36-37H2,1-11H3/i12D,13D,14D,15D,16D. The molecular formula is C64H67BN2O. The van der Waals surface area contributed by atoms with Gasteiger partial charge in [0.2, 0.25) is 0 Å². The quantitative estimate of drug-likeness (QED) is 0.165. The fourth-order valence-corrected chi connectivity index (χ4v) is 15.6. The van der Waals surface area contributed by atoms with Crippen LogP contribution in [0.15, 0.2) is 113 Å². The van der Waals surface area contributed by atoms with Crippen LogP contribution in [-0.4, -0.2) is 6.71 Å². The maximum absolute atomic E-state index is 9.51. The minimum atomic E-state index is -0.391. The predicted molar refractivity (Wildman–Crippen MR) is 287 cm³/mol. The topological polar surface area (TPSA) is 19.6 Å². The SMILES string of the molecule is [2H]c1c([2H])c([2H])c(-c2cc3c4c(c2)N(c2ccc5c(c2)C(C)(C)CCC5(C)C)c2c(oc5cc6c(cc25)C2(C)CCC6(C)C2)B4c2cc4c(cc2N3c2ccc(C(C)(C)C)cc2)C2(C)CCC4(C)C2)c([2H])c1[2H]. The molecule has 7 aromatic rings. The van der Waals surface area contributed by atoms with Crippen LogP contribution in [0, 0.1) is 0 Å². The molecule has 6 aromatic carbocycles. The van der Waals surface area contributed by atoms with Crippen molar-refractivity contribution in [3.8, 4) is 11.1 Å². The van der Waals surface area contributed by atoms with E-state index in [1.54, 1.807) is 0 Å². The maximum atomic E-state index is 9.51. The summed E-state index contributed by atoms with van der Waals surface area (Å²) in [4.78, 5) is 4.90. The van der Waals surface area contributed by atoms with E-state index in [-0.39, 0.29) is 74.4 Å². The molecule has 7 aliphatic rings. The van der Waals surface area contributed by atoms with Gasteiger partial charge in [0.15, 0.2) is 0 Å². The molecule has 2 fully saturated rings. The smallest absolute Gasteiger partial charge is 0.297 e. The van der Waals surface area contributed by atoms with Gasteiger partial charge in [0.05, 0.1) is 18.2 Å². The highest BCUT2D eigenvalue weighted by atomic mass is 16.3. The molecule has 0 saturated heterocycles. The lowest BCUT2D eigenvalue weighted by Crippen LogP contribution is -2.61. The van der Waals surface area contributed by atoms with Crippen molar-refractivity contribution < 1.29 is 11.3 Å². The van der Waals surface area contributed by atoms with Gasteiger partial charge in [0.1, 0.15) is 5.58 Å². The lowest BCUT2D eigenvalue weighted by atomic mass is 9.35. The molecule has 342 valence electrons. The van der Waals surface area contributed by atoms with Crippen molar-refractivity contribution in [3.63, 3.8) is 0 Å². The van der Waals surface area contributed by atoms with Crippen molar-refractivity contribution in [3.05, 3.63) is 148 Å². The average molecular weight is 896 g/mol. The Morgan fingerprint density at radius 3 is 1.72 bits per heavy atom. The Labute approximate surface area is 412 Å². The van der Waals surface area contributed by atoms with Crippen LogP contribution in [0.4, 0.5) is 34.1 Å². The van der Waals surface area contributed by atoms with Gasteiger partial charge in [-0.3, -0.25) is 0 Å². The van der Waals surface area contributed by atoms with Gasteiger partial charge in [0, 0.05) is 33.8 Å². The third-order valence-electron chi connectivity index (χ3n) is 19.4. The van der Waals surface area contributed by atoms with Gasteiger partial charge in [-0.1, -0.05) is 131 Å². The van der Waals surface area contributed by atoms with Crippen molar-refractivity contribution in [2.75, 3.05) is 9.80 Å². The number of nitrogens with zero attached hydrogens (tertiary/aromatic N) is 2. The molecule has 4 bridgehead atoms. The van der Waals surface area contributed by atoms with Crippen LogP contribution in [0.3, 0.4) is 0 Å². The monoisotopic (exact) mass is 896 g/mol. The Hall–Kier alpha value is -5.48. The van der Waals surface area contributed by atoms with Crippen molar-refractivity contribution >= 4 is 68.4 Å². The van der Waals surface area contributed by atoms with Gasteiger partial charge in [-0.15, -0.1) is 0 Å². The summed E-state index contributed by atoms with van der Waals surface area (Å²) in [6, 6.07) is 29.0. The number of fused-ring (bicyclic) bond motifs is 17. The van der Waals surface area contributed by atoms with E-state index in [4.69, 9.17) is 8.53 Å². The predicted octanol–water partition coefficient (Wildman–Crippen LogP) is 15.3. The van der Waals surface area contributed by atoms with Crippen molar-refractivity contribution in [2.24, 2.45) is 0 Å². The number of benzene rings is 6. The highest BCUT2D eigenvalue weighted by molar-refractivity contribution is 7.00. The molecule has 3 nitrogen and oxygen atoms in total. The molecule has 1 aromatic heterocycles. The molecule has 2 saturated carbocycles. The van der Waals surface area contributed by atoms with E-state index >= 15 is 0 Å². The van der Waals surface area contributed by atoms with Crippen molar-refractivity contribution in [1.29, 1.82) is 0 Å². The van der Waals surface area contributed by atoms with E-state index in [2.05, 4.69) is 165 Å². The molecule has 0 spiro atoms. The van der Waals surface area contributed by atoms with Gasteiger partial charge >= 0.3 is 0 Å². The van der Waals surface area contributed by atoms with Gasteiger partial charge in [-0.05, 0) is 205 Å². The Kier molecular flexibility index (Phi) is 6.89. The van der Waals surface area contributed by atoms with Crippen molar-refractivity contribution in [1.82, 2.24) is 0 Å². The van der Waals surface area contributed by atoms with E-state index in [1.807, 2.05) is 0 Å². The van der Waals surface area contributed by atoms with Crippen LogP contribution < -0.4 is 26.4 Å². The van der Waals surface area contributed by atoms with Crippen LogP contribution in [0.5, 0.6) is 0 Å². The molecule has 14 rings (SSSR count). The summed E-state index contributed by atoms with van der Waals surface area (Å²) < 4.78 is 53.3. The van der Waals surface area contributed by atoms with E-state index in [0.717, 1.165) is 88.3 Å². The maximum Gasteiger partial charge on any atom is 0.297 e. The summed E-state index contributed by atoms with van der Waals surface area (Å²) in [5, 5.41) is 1.10. The zero-order chi connectivity index (χ0) is 51.2. The van der Waals surface area contributed by atoms with Crippen LogP contribution in [-0.2, 0) is 37.9 Å². The molecule has 5 aliphatic carbocycles. The first kappa shape index (κ1) is 36.5. The molecule has 4 heteroatoms. The number of hydrogen-bond donors (Lipinski definition) is 0. The summed E-state index contributed by atoms with van der Waals surface area (Å²) in [7, 11) is 0. The molecule has 4 atom stereocenters. The fourth-order valence-electron chi connectivity index (χ4n) is 15.6. The first-order valence-electron chi connectivity index (χ1n) is 28.2. The molecule has 4 unspecified atom stereocenters. The van der Waals surface area contributed by atoms with E-state index in [9.17, 15) is 2.74 Å². The van der Waals surface area contributed by atoms with Gasteiger partial charge in [0.25, 0.3) is 6.71 Å². The number of furan rings is 1. The van der Waals surface area contributed by atoms with Gasteiger partial charge in [-0.25, -0.2) is 0 Å². The van der Waals surface area contributed by atoms with E-state index in [1.165, 1.54) is 63.7 Å². The van der Waals surface area contributed by atoms with Crippen LogP contribution in [0.1, 0.15) is 173 Å². The third kappa shape index (κ3) is 5.33. The first-order valence-corrected chi connectivity index (χ1v) is 25.7. The van der Waals surface area contributed by atoms with Crippen LogP contribution in [0.2, 0.25) is 0 Å². The van der Waals surface area contributed by atoms with Crippen LogP contribution in [0.25, 0.3) is 22.1 Å². The summed E-state index contributed by atoms with van der Waals surface area (Å²) in [6.45, 7) is 25.9. The third-order valence-corrected chi connectivity index (χ3v) is 19.4. The van der Waals surface area contributed by atoms with Gasteiger partial charge in [-0.2, -0.15) is 0 Å². The first-order chi connectivity index (χ1) is 34.3. The van der Waals surface area contributed by atoms with Crippen molar-refractivity contribution in [2.45, 2.75) is 165 Å². The normalized spacial score (nSPS) is 28.3. The molecule has 0 N–H and O–H groups in total. The molecular weight excluding hydrogens is 824 g/mol. The second kappa shape index (κ2) is 12.8. The highest BCUT2D eigenvalue weighted by Gasteiger charge is 2.57. The summed E-state index contributed by atoms with van der Waals surface area (Å²) >= 11 is 0. The second-order valence-electron chi connectivity index (χ2n) is 26.1. The second-order valence-corrected chi connectivity index (χ2v) is 26.1. The number of anilines is 6. The molecule has 0 amide bonds. The largest absolute Gasteiger partial charge is 0.468 e. The fraction of sp³-hybridized carbons (Fsp3) is 0.406. The molecule has 0 radical (unpaired) electrons. The molecule has 3 heterocycles. The summed E-state index contributed by atoms with van der Waals surface area (Å²) in [6.07, 6.45) is 9.11. The zero-order valence-corrected chi connectivity index (χ0v) is 42.0. The van der Waals surface area contributed by atoms with Crippen LogP contribution >= 0.6 is 0 Å². The molecule has 2 aliphatic heterocycles. The van der Waals surface area contributed by atoms with E-state index < -0.39 is 6.04 Å². The Morgan fingerprint density at radius 2 is 1.09 bits per heavy atom. The Bertz CT molecular complexity index is 3650. The average Bonchev–Trinajstić information content (AvgIpc) is 4.09. The number of rotatable bonds is 3. The van der Waals surface area contributed by atoms with E-state index in [0.29, 0.717) is 5.56 Å². The summed E-state index contributed by atoms with van der Waals surface area (Å²) in [5.74, 6) is 0. The lowest BCUT2D eigenvalue weighted by Gasteiger charge is -2.45. The molecule has 68 heavy (non-hydrogen) atoms. The Morgan fingerprint density at radius 1 is 0.529 bits per heavy atom. The van der Waals surface area contributed by atoms with Gasteiger partial charge < -0.3 is 14.2 Å². The minimum Gasteiger partial charge on any atom is -0.468 e. The lowest BCUT2D eigenvalue weighted by molar-refractivity contribution is 0.332. The highest BCUT2D eigenvalue weighted by Crippen LogP contribution is 2.64. The Balaban J connectivity index is 1.15. The number of hydrogen-bond acceptors (Lipinski definition) is 3.